The van der Waals surface area contributed by atoms with Crippen LogP contribution in [-0.2, 0) is 12.4 Å². The van der Waals surface area contributed by atoms with Crippen LogP contribution in [0.5, 0.6) is 0 Å². The van der Waals surface area contributed by atoms with E-state index in [1.54, 1.807) is 7.05 Å². The van der Waals surface area contributed by atoms with Gasteiger partial charge in [0, 0.05) is 31.7 Å². The Hall–Kier alpha value is -1.84. The van der Waals surface area contributed by atoms with Gasteiger partial charge in [-0.2, -0.15) is 26.3 Å². The number of nitrogens with zero attached hydrogens (tertiary/aromatic N) is 3. The highest BCUT2D eigenvalue weighted by Gasteiger charge is 2.39. The number of alkyl halides is 6. The maximum atomic E-state index is 12.7. The number of hydrogen-bond donors (Lipinski definition) is 0. The van der Waals surface area contributed by atoms with Crippen LogP contribution in [-0.4, -0.2) is 53.9 Å². The third-order valence-electron chi connectivity index (χ3n) is 3.44. The lowest BCUT2D eigenvalue weighted by Gasteiger charge is -2.32. The van der Waals surface area contributed by atoms with E-state index in [0.29, 0.717) is 25.2 Å². The molecule has 1 aromatic rings. The summed E-state index contributed by atoms with van der Waals surface area (Å²) in [7, 11) is 1.80. The minimum absolute atomic E-state index is 0.236. The number of carbonyl (C=O) groups is 1. The fraction of sp³-hybridized carbons (Fsp3) is 0.538. The summed E-state index contributed by atoms with van der Waals surface area (Å²) in [4.78, 5) is 17.9. The van der Waals surface area contributed by atoms with Crippen LogP contribution in [0.15, 0.2) is 12.1 Å². The first-order chi connectivity index (χ1) is 10.5. The average molecular weight is 341 g/mol. The molecule has 0 atom stereocenters. The number of amides is 1. The lowest BCUT2D eigenvalue weighted by Crippen LogP contribution is -2.47. The van der Waals surface area contributed by atoms with Gasteiger partial charge in [-0.3, -0.25) is 4.79 Å². The molecule has 1 fully saturated rings. The highest BCUT2D eigenvalue weighted by molar-refractivity contribution is 5.94. The molecule has 10 heteroatoms. The number of piperazine rings is 1. The molecule has 1 aliphatic heterocycles. The van der Waals surface area contributed by atoms with Crippen LogP contribution in [0.3, 0.4) is 0 Å². The van der Waals surface area contributed by atoms with E-state index < -0.39 is 35.2 Å². The fourth-order valence-corrected chi connectivity index (χ4v) is 2.14. The number of pyridine rings is 1. The highest BCUT2D eigenvalue weighted by atomic mass is 19.4. The van der Waals surface area contributed by atoms with Crippen molar-refractivity contribution in [1.29, 1.82) is 0 Å². The van der Waals surface area contributed by atoms with Gasteiger partial charge >= 0.3 is 12.4 Å². The maximum Gasteiger partial charge on any atom is 0.433 e. The Bertz CT molecular complexity index is 558. The topological polar surface area (TPSA) is 36.4 Å². The van der Waals surface area contributed by atoms with Gasteiger partial charge in [0.1, 0.15) is 11.4 Å². The highest BCUT2D eigenvalue weighted by Crippen LogP contribution is 2.34. The molecule has 2 rings (SSSR count). The molecular formula is C13H13F6N3O. The smallest absolute Gasteiger partial charge is 0.336 e. The van der Waals surface area contributed by atoms with Crippen LogP contribution in [0.25, 0.3) is 0 Å². The normalized spacial score (nSPS) is 17.4. The van der Waals surface area contributed by atoms with Crippen molar-refractivity contribution >= 4 is 5.91 Å². The van der Waals surface area contributed by atoms with Crippen LogP contribution in [0.2, 0.25) is 0 Å². The molecule has 4 nitrogen and oxygen atoms in total. The predicted molar refractivity (Wildman–Crippen MR) is 67.6 cm³/mol. The molecule has 1 saturated heterocycles. The summed E-state index contributed by atoms with van der Waals surface area (Å²) in [6, 6.07) is 0.714. The van der Waals surface area contributed by atoms with Gasteiger partial charge in [-0.15, -0.1) is 0 Å². The molecule has 0 spiro atoms. The van der Waals surface area contributed by atoms with Crippen molar-refractivity contribution in [1.82, 2.24) is 14.8 Å². The zero-order valence-electron chi connectivity index (χ0n) is 12.0. The number of halogens is 6. The minimum atomic E-state index is -5.07. The fourth-order valence-electron chi connectivity index (χ4n) is 2.14. The van der Waals surface area contributed by atoms with Gasteiger partial charge in [-0.05, 0) is 19.2 Å². The summed E-state index contributed by atoms with van der Waals surface area (Å²) < 4.78 is 76.4. The van der Waals surface area contributed by atoms with Crippen LogP contribution >= 0.6 is 0 Å². The monoisotopic (exact) mass is 341 g/mol. The quantitative estimate of drug-likeness (QED) is 0.737. The second kappa shape index (κ2) is 5.99. The molecule has 0 radical (unpaired) electrons. The molecular weight excluding hydrogens is 328 g/mol. The number of rotatable bonds is 1. The Labute approximate surface area is 127 Å². The van der Waals surface area contributed by atoms with Crippen molar-refractivity contribution in [2.24, 2.45) is 0 Å². The number of carbonyl (C=O) groups excluding carboxylic acids is 1. The summed E-state index contributed by atoms with van der Waals surface area (Å²) in [6.45, 7) is 1.46. The van der Waals surface area contributed by atoms with Crippen LogP contribution in [0, 0.1) is 0 Å². The first-order valence-electron chi connectivity index (χ1n) is 6.63. The summed E-state index contributed by atoms with van der Waals surface area (Å²) in [5.74, 6) is -0.864. The molecule has 0 aromatic carbocycles. The molecule has 1 aliphatic rings. The van der Waals surface area contributed by atoms with Gasteiger partial charge in [-0.1, -0.05) is 0 Å². The molecule has 0 aliphatic carbocycles. The van der Waals surface area contributed by atoms with Gasteiger partial charge in [0.25, 0.3) is 5.91 Å². The van der Waals surface area contributed by atoms with Crippen LogP contribution < -0.4 is 0 Å². The Kier molecular flexibility index (Phi) is 4.56. The molecule has 0 N–H and O–H groups in total. The summed E-state index contributed by atoms with van der Waals surface area (Å²) in [6.07, 6.45) is -10.1. The van der Waals surface area contributed by atoms with Crippen molar-refractivity contribution in [3.05, 3.63) is 29.1 Å². The van der Waals surface area contributed by atoms with E-state index in [-0.39, 0.29) is 13.1 Å². The number of aromatic nitrogens is 1. The van der Waals surface area contributed by atoms with Crippen molar-refractivity contribution in [3.8, 4) is 0 Å². The first-order valence-corrected chi connectivity index (χ1v) is 6.63. The molecule has 128 valence electrons. The maximum absolute atomic E-state index is 12.7. The molecule has 0 unspecified atom stereocenters. The SMILES string of the molecule is CN1CCN(C(=O)c2cc(C(F)(F)F)nc(C(F)(F)F)c2)CC1. The largest absolute Gasteiger partial charge is 0.433 e. The molecule has 1 amide bonds. The molecule has 2 heterocycles. The van der Waals surface area contributed by atoms with E-state index in [1.807, 2.05) is 4.90 Å². The van der Waals surface area contributed by atoms with Gasteiger partial charge in [0.05, 0.1) is 0 Å². The summed E-state index contributed by atoms with van der Waals surface area (Å²) in [5, 5.41) is 0. The predicted octanol–water partition coefficient (Wildman–Crippen LogP) is 2.51. The van der Waals surface area contributed by atoms with Crippen LogP contribution in [0.4, 0.5) is 26.3 Å². The van der Waals surface area contributed by atoms with Crippen molar-refractivity contribution in [2.75, 3.05) is 33.2 Å². The Morgan fingerprint density at radius 3 is 1.78 bits per heavy atom. The lowest BCUT2D eigenvalue weighted by atomic mass is 10.1. The lowest BCUT2D eigenvalue weighted by molar-refractivity contribution is -0.150. The zero-order chi connectivity index (χ0) is 17.4. The Morgan fingerprint density at radius 1 is 0.957 bits per heavy atom. The van der Waals surface area contributed by atoms with Crippen molar-refractivity contribution in [2.45, 2.75) is 12.4 Å². The summed E-state index contributed by atoms with van der Waals surface area (Å²) >= 11 is 0. The van der Waals surface area contributed by atoms with E-state index in [4.69, 9.17) is 0 Å². The number of likely N-dealkylation sites (N-methyl/N-ethyl adjacent to an activating group) is 1. The second-order valence-corrected chi connectivity index (χ2v) is 5.22. The van der Waals surface area contributed by atoms with Gasteiger partial charge < -0.3 is 9.80 Å². The second-order valence-electron chi connectivity index (χ2n) is 5.22. The average Bonchev–Trinajstić information content (AvgIpc) is 2.45. The van der Waals surface area contributed by atoms with E-state index in [1.165, 1.54) is 4.90 Å². The van der Waals surface area contributed by atoms with E-state index >= 15 is 0 Å². The molecule has 23 heavy (non-hydrogen) atoms. The van der Waals surface area contributed by atoms with Gasteiger partial charge in [-0.25, -0.2) is 4.98 Å². The van der Waals surface area contributed by atoms with Crippen molar-refractivity contribution in [3.63, 3.8) is 0 Å². The molecule has 0 bridgehead atoms. The van der Waals surface area contributed by atoms with Gasteiger partial charge in [0.2, 0.25) is 0 Å². The molecule has 0 saturated carbocycles. The first kappa shape index (κ1) is 17.5. The minimum Gasteiger partial charge on any atom is -0.336 e. The third-order valence-corrected chi connectivity index (χ3v) is 3.44. The Morgan fingerprint density at radius 2 is 1.39 bits per heavy atom. The van der Waals surface area contributed by atoms with Crippen molar-refractivity contribution < 1.29 is 31.1 Å². The molecule has 1 aromatic heterocycles. The third kappa shape index (κ3) is 4.12. The van der Waals surface area contributed by atoms with E-state index in [9.17, 15) is 31.1 Å². The van der Waals surface area contributed by atoms with Crippen LogP contribution in [0.1, 0.15) is 21.7 Å². The summed E-state index contributed by atoms with van der Waals surface area (Å²) in [5.41, 5.74) is -4.13. The number of hydrogen-bond acceptors (Lipinski definition) is 3. The Balaban J connectivity index is 2.39. The standard InChI is InChI=1S/C13H13F6N3O/c1-21-2-4-22(5-3-21)11(23)8-6-9(12(14,15)16)20-10(7-8)13(17,18)19/h6-7H,2-5H2,1H3. The van der Waals surface area contributed by atoms with Gasteiger partial charge in [0.15, 0.2) is 0 Å². The van der Waals surface area contributed by atoms with E-state index in [0.717, 1.165) is 0 Å². The zero-order valence-corrected chi connectivity index (χ0v) is 12.0. The van der Waals surface area contributed by atoms with E-state index in [2.05, 4.69) is 4.98 Å².